The molecule has 0 aliphatic carbocycles. The predicted molar refractivity (Wildman–Crippen MR) is 74.5 cm³/mol. The second-order valence-electron chi connectivity index (χ2n) is 3.79. The number of nitrogens with zero attached hydrogens (tertiary/aromatic N) is 1. The summed E-state index contributed by atoms with van der Waals surface area (Å²) in [5, 5.41) is 0. The van der Waals surface area contributed by atoms with Crippen molar-refractivity contribution in [3.8, 4) is 5.69 Å². The molecule has 2 N–H and O–H groups in total. The molecule has 1 heterocycles. The largest absolute Gasteiger partial charge is 0.330 e. The molecule has 0 aliphatic heterocycles. The number of halogens is 1. The van der Waals surface area contributed by atoms with Gasteiger partial charge in [-0.15, -0.1) is 11.6 Å². The molecule has 0 saturated carbocycles. The van der Waals surface area contributed by atoms with Crippen LogP contribution in [0, 0.1) is 0 Å². The maximum absolute atomic E-state index is 11.5. The Morgan fingerprint density at radius 1 is 1.26 bits per heavy atom. The van der Waals surface area contributed by atoms with E-state index < -0.39 is 10.0 Å². The van der Waals surface area contributed by atoms with E-state index in [1.165, 1.54) is 10.8 Å². The van der Waals surface area contributed by atoms with Crippen LogP contribution in [0.2, 0.25) is 0 Å². The van der Waals surface area contributed by atoms with Gasteiger partial charge in [0.1, 0.15) is 0 Å². The van der Waals surface area contributed by atoms with Gasteiger partial charge >= 0.3 is 5.69 Å². The van der Waals surface area contributed by atoms with Gasteiger partial charge in [0.15, 0.2) is 0 Å². The average molecular weight is 302 g/mol. The molecular formula is C11H12ClN3O3S. The summed E-state index contributed by atoms with van der Waals surface area (Å²) < 4.78 is 26.8. The summed E-state index contributed by atoms with van der Waals surface area (Å²) in [6.45, 7) is 0. The SMILES string of the molecule is O=c1[nH]ccn1-c1ccc(NS(=O)(=O)CCCl)cc1. The average Bonchev–Trinajstić information content (AvgIpc) is 2.76. The Balaban J connectivity index is 2.20. The van der Waals surface area contributed by atoms with Gasteiger partial charge in [-0.3, -0.25) is 9.29 Å². The summed E-state index contributed by atoms with van der Waals surface area (Å²) in [6, 6.07) is 6.46. The topological polar surface area (TPSA) is 84.0 Å². The van der Waals surface area contributed by atoms with E-state index in [9.17, 15) is 13.2 Å². The fourth-order valence-corrected chi connectivity index (χ4v) is 2.96. The van der Waals surface area contributed by atoms with Crippen molar-refractivity contribution in [3.63, 3.8) is 0 Å². The van der Waals surface area contributed by atoms with Crippen LogP contribution < -0.4 is 10.4 Å². The summed E-state index contributed by atoms with van der Waals surface area (Å²) in [5.41, 5.74) is 0.819. The lowest BCUT2D eigenvalue weighted by molar-refractivity contribution is 0.602. The van der Waals surface area contributed by atoms with Crippen molar-refractivity contribution < 1.29 is 8.42 Å². The fraction of sp³-hybridized carbons (Fsp3) is 0.182. The minimum absolute atomic E-state index is 0.0339. The van der Waals surface area contributed by atoms with E-state index in [0.717, 1.165) is 0 Å². The Hall–Kier alpha value is -1.73. The van der Waals surface area contributed by atoms with Gasteiger partial charge in [0.25, 0.3) is 0 Å². The number of aromatic amines is 1. The summed E-state index contributed by atoms with van der Waals surface area (Å²) in [7, 11) is -3.42. The molecule has 0 amide bonds. The summed E-state index contributed by atoms with van der Waals surface area (Å²) in [6.07, 6.45) is 3.12. The summed E-state index contributed by atoms with van der Waals surface area (Å²) >= 11 is 5.40. The van der Waals surface area contributed by atoms with Crippen molar-refractivity contribution in [2.24, 2.45) is 0 Å². The third-order valence-electron chi connectivity index (χ3n) is 2.41. The van der Waals surface area contributed by atoms with E-state index in [4.69, 9.17) is 11.6 Å². The van der Waals surface area contributed by atoms with Gasteiger partial charge in [-0.2, -0.15) is 0 Å². The molecule has 1 aromatic heterocycles. The monoisotopic (exact) mass is 301 g/mol. The van der Waals surface area contributed by atoms with Crippen LogP contribution in [0.15, 0.2) is 41.5 Å². The van der Waals surface area contributed by atoms with Crippen LogP contribution in [0.5, 0.6) is 0 Å². The highest BCUT2D eigenvalue weighted by Gasteiger charge is 2.09. The normalized spacial score (nSPS) is 11.4. The Labute approximate surface area is 115 Å². The first-order valence-corrected chi connectivity index (χ1v) is 7.63. The number of sulfonamides is 1. The van der Waals surface area contributed by atoms with Crippen molar-refractivity contribution in [2.45, 2.75) is 0 Å². The number of nitrogens with one attached hydrogen (secondary N) is 2. The molecule has 0 radical (unpaired) electrons. The number of H-pyrrole nitrogens is 1. The summed E-state index contributed by atoms with van der Waals surface area (Å²) in [5.74, 6) is -0.111. The van der Waals surface area contributed by atoms with E-state index in [0.29, 0.717) is 11.4 Å². The van der Waals surface area contributed by atoms with E-state index >= 15 is 0 Å². The Bertz CT molecular complexity index is 703. The third-order valence-corrected chi connectivity index (χ3v) is 4.12. The molecule has 0 atom stereocenters. The van der Waals surface area contributed by atoms with Crippen LogP contribution in [0.25, 0.3) is 5.69 Å². The number of hydrogen-bond acceptors (Lipinski definition) is 3. The highest BCUT2D eigenvalue weighted by atomic mass is 35.5. The molecule has 0 unspecified atom stereocenters. The molecule has 6 nitrogen and oxygen atoms in total. The van der Waals surface area contributed by atoms with Gasteiger partial charge in [-0.05, 0) is 24.3 Å². The smallest absolute Gasteiger partial charge is 0.312 e. The van der Waals surface area contributed by atoms with Crippen LogP contribution >= 0.6 is 11.6 Å². The molecule has 0 bridgehead atoms. The Morgan fingerprint density at radius 2 is 1.95 bits per heavy atom. The number of benzene rings is 1. The predicted octanol–water partition coefficient (Wildman–Crippen LogP) is 1.15. The summed E-state index contributed by atoms with van der Waals surface area (Å²) in [4.78, 5) is 13.9. The quantitative estimate of drug-likeness (QED) is 0.812. The maximum atomic E-state index is 11.5. The number of imidazole rings is 1. The second-order valence-corrected chi connectivity index (χ2v) is 6.01. The Kier molecular flexibility index (Phi) is 3.96. The van der Waals surface area contributed by atoms with Crippen LogP contribution in [0.3, 0.4) is 0 Å². The molecule has 2 rings (SSSR count). The molecule has 0 aliphatic rings. The molecule has 0 spiro atoms. The van der Waals surface area contributed by atoms with Gasteiger partial charge in [-0.1, -0.05) is 0 Å². The van der Waals surface area contributed by atoms with Crippen LogP contribution in [0.4, 0.5) is 5.69 Å². The van der Waals surface area contributed by atoms with Gasteiger partial charge < -0.3 is 4.98 Å². The second kappa shape index (κ2) is 5.50. The lowest BCUT2D eigenvalue weighted by atomic mass is 10.3. The third kappa shape index (κ3) is 3.39. The van der Waals surface area contributed by atoms with Gasteiger partial charge in [0.2, 0.25) is 10.0 Å². The zero-order valence-corrected chi connectivity index (χ0v) is 11.4. The number of anilines is 1. The van der Waals surface area contributed by atoms with E-state index in [-0.39, 0.29) is 17.3 Å². The molecule has 0 saturated heterocycles. The lowest BCUT2D eigenvalue weighted by Gasteiger charge is -2.07. The maximum Gasteiger partial charge on any atom is 0.330 e. The molecule has 1 aromatic carbocycles. The van der Waals surface area contributed by atoms with Gasteiger partial charge in [0, 0.05) is 24.0 Å². The number of hydrogen-bond donors (Lipinski definition) is 2. The minimum Gasteiger partial charge on any atom is -0.312 e. The van der Waals surface area contributed by atoms with E-state index in [2.05, 4.69) is 9.71 Å². The van der Waals surface area contributed by atoms with Crippen LogP contribution in [-0.2, 0) is 10.0 Å². The van der Waals surface area contributed by atoms with Crippen molar-refractivity contribution in [1.82, 2.24) is 9.55 Å². The van der Waals surface area contributed by atoms with Crippen LogP contribution in [0.1, 0.15) is 0 Å². The first-order valence-electron chi connectivity index (χ1n) is 5.45. The number of aromatic nitrogens is 2. The van der Waals surface area contributed by atoms with Crippen molar-refractivity contribution in [1.29, 1.82) is 0 Å². The van der Waals surface area contributed by atoms with Crippen molar-refractivity contribution in [2.75, 3.05) is 16.4 Å². The lowest BCUT2D eigenvalue weighted by Crippen LogP contribution is -2.17. The fourth-order valence-electron chi connectivity index (χ4n) is 1.55. The molecule has 102 valence electrons. The molecule has 19 heavy (non-hydrogen) atoms. The zero-order chi connectivity index (χ0) is 13.9. The molecule has 2 aromatic rings. The first-order chi connectivity index (χ1) is 9.02. The number of alkyl halides is 1. The van der Waals surface area contributed by atoms with Gasteiger partial charge in [0.05, 0.1) is 11.4 Å². The molecule has 8 heteroatoms. The van der Waals surface area contributed by atoms with Crippen LogP contribution in [-0.4, -0.2) is 29.6 Å². The Morgan fingerprint density at radius 3 is 2.47 bits per heavy atom. The van der Waals surface area contributed by atoms with E-state index in [1.54, 1.807) is 30.5 Å². The number of rotatable bonds is 5. The molecular weight excluding hydrogens is 290 g/mol. The van der Waals surface area contributed by atoms with E-state index in [1.807, 2.05) is 0 Å². The zero-order valence-electron chi connectivity index (χ0n) is 9.84. The highest BCUT2D eigenvalue weighted by Crippen LogP contribution is 2.13. The minimum atomic E-state index is -3.42. The first kappa shape index (κ1) is 13.7. The highest BCUT2D eigenvalue weighted by molar-refractivity contribution is 7.92. The van der Waals surface area contributed by atoms with Crippen molar-refractivity contribution in [3.05, 3.63) is 47.1 Å². The van der Waals surface area contributed by atoms with Gasteiger partial charge in [-0.25, -0.2) is 13.2 Å². The standard InChI is InChI=1S/C11H12ClN3O3S/c12-5-8-19(17,18)14-9-1-3-10(4-2-9)15-7-6-13-11(15)16/h1-4,6-7,14H,5,8H2,(H,13,16). The van der Waals surface area contributed by atoms with Crippen molar-refractivity contribution >= 4 is 27.3 Å². The molecule has 0 fully saturated rings.